The van der Waals surface area contributed by atoms with Crippen LogP contribution in [0.5, 0.6) is 5.88 Å². The van der Waals surface area contributed by atoms with Crippen molar-refractivity contribution in [1.82, 2.24) is 19.4 Å². The smallest absolute Gasteiger partial charge is 0.228 e. The average Bonchev–Trinajstić information content (AvgIpc) is 3.38. The van der Waals surface area contributed by atoms with Crippen LogP contribution in [0.4, 0.5) is 10.1 Å². The highest BCUT2D eigenvalue weighted by Gasteiger charge is 2.26. The Hall–Kier alpha value is -4.31. The van der Waals surface area contributed by atoms with Crippen molar-refractivity contribution in [2.24, 2.45) is 0 Å². The number of hydrogen-bond acceptors (Lipinski definition) is 6. The van der Waals surface area contributed by atoms with Gasteiger partial charge in [0.1, 0.15) is 18.2 Å². The lowest BCUT2D eigenvalue weighted by atomic mass is 9.93. The lowest BCUT2D eigenvalue weighted by molar-refractivity contribution is -0.115. The number of imidazole rings is 1. The number of halogens is 2. The van der Waals surface area contributed by atoms with Crippen molar-refractivity contribution in [3.05, 3.63) is 118 Å². The quantitative estimate of drug-likeness (QED) is 0.163. The van der Waals surface area contributed by atoms with Gasteiger partial charge in [-0.2, -0.15) is 0 Å². The number of aromatic nitrogens is 3. The van der Waals surface area contributed by atoms with Crippen LogP contribution in [0.15, 0.2) is 84.9 Å². The van der Waals surface area contributed by atoms with Crippen LogP contribution in [0.2, 0.25) is 5.02 Å². The first-order valence-electron chi connectivity index (χ1n) is 16.2. The first-order chi connectivity index (χ1) is 23.0. The van der Waals surface area contributed by atoms with Crippen molar-refractivity contribution in [1.29, 1.82) is 0 Å². The molecule has 1 amide bonds. The Morgan fingerprint density at radius 2 is 1.81 bits per heavy atom. The van der Waals surface area contributed by atoms with Crippen LogP contribution in [-0.4, -0.2) is 51.1 Å². The van der Waals surface area contributed by atoms with E-state index in [1.807, 2.05) is 60.7 Å². The fraction of sp³-hybridized carbons (Fsp3) is 0.324. The van der Waals surface area contributed by atoms with Crippen LogP contribution in [0.1, 0.15) is 47.8 Å². The number of carbonyl (C=O) groups excluding carboxylic acids is 1. The fourth-order valence-corrected chi connectivity index (χ4v) is 6.48. The van der Waals surface area contributed by atoms with Crippen LogP contribution < -0.4 is 10.1 Å². The van der Waals surface area contributed by atoms with Crippen molar-refractivity contribution in [3.63, 3.8) is 0 Å². The van der Waals surface area contributed by atoms with E-state index >= 15 is 0 Å². The number of anilines is 1. The Morgan fingerprint density at radius 1 is 0.979 bits per heavy atom. The number of hydrogen-bond donors (Lipinski definition) is 1. The lowest BCUT2D eigenvalue weighted by Crippen LogP contribution is -2.35. The first kappa shape index (κ1) is 31.3. The maximum Gasteiger partial charge on any atom is 0.228 e. The molecule has 8 nitrogen and oxygen atoms in total. The molecule has 5 aromatic rings. The zero-order valence-corrected chi connectivity index (χ0v) is 26.8. The molecule has 10 heteroatoms. The summed E-state index contributed by atoms with van der Waals surface area (Å²) >= 11 is 5.87. The molecule has 1 atom stereocenters. The number of amides is 1. The number of likely N-dealkylation sites (tertiary alicyclic amines) is 1. The van der Waals surface area contributed by atoms with Gasteiger partial charge in [-0.25, -0.2) is 14.4 Å². The molecule has 47 heavy (non-hydrogen) atoms. The minimum Gasteiger partial charge on any atom is -0.473 e. The number of piperidine rings is 1. The normalized spacial score (nSPS) is 17.0. The van der Waals surface area contributed by atoms with Gasteiger partial charge in [-0.05, 0) is 74.3 Å². The Morgan fingerprint density at radius 3 is 2.57 bits per heavy atom. The molecule has 0 bridgehead atoms. The molecule has 0 spiro atoms. The van der Waals surface area contributed by atoms with Crippen molar-refractivity contribution >= 4 is 34.2 Å². The molecule has 242 valence electrons. The lowest BCUT2D eigenvalue weighted by Gasteiger charge is -2.32. The van der Waals surface area contributed by atoms with Gasteiger partial charge in [-0.3, -0.25) is 9.69 Å². The molecule has 2 aliphatic heterocycles. The molecule has 2 aliphatic rings. The highest BCUT2D eigenvalue weighted by atomic mass is 35.5. The molecule has 0 aliphatic carbocycles. The van der Waals surface area contributed by atoms with Crippen molar-refractivity contribution < 1.29 is 18.7 Å². The molecular weight excluding hydrogens is 617 g/mol. The Kier molecular flexibility index (Phi) is 9.46. The molecule has 2 aromatic heterocycles. The van der Waals surface area contributed by atoms with E-state index in [4.69, 9.17) is 31.0 Å². The summed E-state index contributed by atoms with van der Waals surface area (Å²) in [7, 11) is 0. The summed E-state index contributed by atoms with van der Waals surface area (Å²) in [6.07, 6.45) is 3.49. The molecule has 2 fully saturated rings. The number of benzene rings is 3. The Balaban J connectivity index is 0.995. The molecule has 7 rings (SSSR count). The van der Waals surface area contributed by atoms with E-state index < -0.39 is 0 Å². The molecule has 0 radical (unpaired) electrons. The fourth-order valence-electron chi connectivity index (χ4n) is 6.32. The Labute approximate surface area is 278 Å². The van der Waals surface area contributed by atoms with Crippen LogP contribution in [0, 0.1) is 5.82 Å². The highest BCUT2D eigenvalue weighted by Crippen LogP contribution is 2.30. The number of pyridine rings is 1. The summed E-state index contributed by atoms with van der Waals surface area (Å²) in [5.41, 5.74) is 5.07. The largest absolute Gasteiger partial charge is 0.473 e. The zero-order valence-electron chi connectivity index (χ0n) is 26.1. The van der Waals surface area contributed by atoms with Crippen LogP contribution in [-0.2, 0) is 35.6 Å². The number of rotatable bonds is 11. The van der Waals surface area contributed by atoms with E-state index in [2.05, 4.69) is 20.9 Å². The van der Waals surface area contributed by atoms with Crippen LogP contribution >= 0.6 is 11.6 Å². The van der Waals surface area contributed by atoms with Gasteiger partial charge in [-0.1, -0.05) is 54.1 Å². The molecule has 4 heterocycles. The van der Waals surface area contributed by atoms with Gasteiger partial charge < -0.3 is 19.4 Å². The molecule has 2 saturated heterocycles. The first-order valence-corrected chi connectivity index (χ1v) is 16.6. The van der Waals surface area contributed by atoms with E-state index in [1.165, 1.54) is 6.07 Å². The number of fused-ring (bicyclic) bond motifs is 1. The van der Waals surface area contributed by atoms with Crippen molar-refractivity contribution in [2.45, 2.75) is 57.4 Å². The third-order valence-corrected chi connectivity index (χ3v) is 9.24. The molecule has 1 N–H and O–H groups in total. The third-order valence-electron chi connectivity index (χ3n) is 9.00. The second-order valence-electron chi connectivity index (χ2n) is 12.3. The summed E-state index contributed by atoms with van der Waals surface area (Å²) in [5.74, 6) is 1.36. The summed E-state index contributed by atoms with van der Waals surface area (Å²) < 4.78 is 28.1. The van der Waals surface area contributed by atoms with Crippen LogP contribution in [0.25, 0.3) is 11.0 Å². The van der Waals surface area contributed by atoms with E-state index in [0.717, 1.165) is 85.9 Å². The van der Waals surface area contributed by atoms with E-state index in [-0.39, 0.29) is 24.4 Å². The minimum atomic E-state index is -0.388. The predicted octanol–water partition coefficient (Wildman–Crippen LogP) is 7.15. The highest BCUT2D eigenvalue weighted by molar-refractivity contribution is 6.30. The van der Waals surface area contributed by atoms with Gasteiger partial charge in [0.25, 0.3) is 0 Å². The van der Waals surface area contributed by atoms with Crippen molar-refractivity contribution in [3.8, 4) is 5.88 Å². The summed E-state index contributed by atoms with van der Waals surface area (Å²) in [6, 6.07) is 26.1. The second-order valence-corrected chi connectivity index (χ2v) is 12.7. The third kappa shape index (κ3) is 7.64. The SMILES string of the molecule is O=C(Cc1ccccc1)Nc1ccc2c(c1)nc(CN1CCC(c3cccc(OCc4ccc(Cl)cc4F)n3)CC1)n2C[C@@H]1CCO1. The topological polar surface area (TPSA) is 81.5 Å². The number of nitrogens with zero attached hydrogens (tertiary/aromatic N) is 4. The average molecular weight is 654 g/mol. The Bertz CT molecular complexity index is 1850. The summed E-state index contributed by atoms with van der Waals surface area (Å²) in [5, 5.41) is 3.40. The number of ether oxygens (including phenoxy) is 2. The summed E-state index contributed by atoms with van der Waals surface area (Å²) in [6.45, 7) is 4.21. The van der Waals surface area contributed by atoms with E-state index in [1.54, 1.807) is 12.1 Å². The number of nitrogens with one attached hydrogen (secondary N) is 1. The maximum atomic E-state index is 14.2. The second kappa shape index (κ2) is 14.2. The molecule has 0 saturated carbocycles. The monoisotopic (exact) mass is 653 g/mol. The molecular formula is C37H37ClFN5O3. The van der Waals surface area contributed by atoms with Crippen LogP contribution in [0.3, 0.4) is 0 Å². The standard InChI is InChI=1S/C37H37ClFN5O3/c38-28-10-9-27(31(39)20-28)24-47-37-8-4-7-32(42-37)26-13-16-43(17-14-26)23-35-41-33-21-29(40-36(45)19-25-5-2-1-3-6-25)11-12-34(33)44(35)22-30-15-18-46-30/h1-12,20-21,26,30H,13-19,22-24H2,(H,40,45)/t30-/m0/s1. The van der Waals surface area contributed by atoms with Gasteiger partial charge in [0.15, 0.2) is 0 Å². The maximum absolute atomic E-state index is 14.2. The predicted molar refractivity (Wildman–Crippen MR) is 180 cm³/mol. The molecule has 3 aromatic carbocycles. The van der Waals surface area contributed by atoms with E-state index in [0.29, 0.717) is 28.8 Å². The van der Waals surface area contributed by atoms with E-state index in [9.17, 15) is 9.18 Å². The van der Waals surface area contributed by atoms with Crippen molar-refractivity contribution in [2.75, 3.05) is 25.0 Å². The zero-order chi connectivity index (χ0) is 32.2. The minimum absolute atomic E-state index is 0.0528. The van der Waals surface area contributed by atoms with Gasteiger partial charge in [0.05, 0.1) is 36.6 Å². The number of carbonyl (C=O) groups is 1. The van der Waals surface area contributed by atoms with Gasteiger partial charge in [-0.15, -0.1) is 0 Å². The van der Waals surface area contributed by atoms with Gasteiger partial charge in [0, 0.05) is 40.6 Å². The molecule has 0 unspecified atom stereocenters. The summed E-state index contributed by atoms with van der Waals surface area (Å²) in [4.78, 5) is 25.0. The van der Waals surface area contributed by atoms with Gasteiger partial charge >= 0.3 is 0 Å². The van der Waals surface area contributed by atoms with Gasteiger partial charge in [0.2, 0.25) is 11.8 Å².